The maximum Gasteiger partial charge on any atom is 0.573 e. The Bertz CT molecular complexity index is 1440. The van der Waals surface area contributed by atoms with Gasteiger partial charge in [-0.15, -0.1) is 25.6 Å². The molecule has 35 heavy (non-hydrogen) atoms. The van der Waals surface area contributed by atoms with Crippen LogP contribution in [0.2, 0.25) is 0 Å². The molecule has 7 nitrogen and oxygen atoms in total. The minimum absolute atomic E-state index is 0. The first-order valence-corrected chi connectivity index (χ1v) is 11.6. The molecule has 0 unspecified atom stereocenters. The molecule has 0 saturated heterocycles. The van der Waals surface area contributed by atoms with Gasteiger partial charge < -0.3 is 15.4 Å². The average molecular weight is 527 g/mol. The first-order chi connectivity index (χ1) is 16.1. The van der Waals surface area contributed by atoms with E-state index in [1.54, 1.807) is 44.4 Å². The number of fused-ring (bicyclic) bond motifs is 1. The zero-order valence-electron chi connectivity index (χ0n) is 18.6. The molecule has 0 radical (unpaired) electrons. The van der Waals surface area contributed by atoms with Gasteiger partial charge in [0, 0.05) is 41.9 Å². The van der Waals surface area contributed by atoms with Gasteiger partial charge in [-0.2, -0.15) is 0 Å². The van der Waals surface area contributed by atoms with Crippen molar-refractivity contribution in [2.24, 2.45) is 0 Å². The predicted octanol–water partition coefficient (Wildman–Crippen LogP) is 5.37. The molecule has 2 heterocycles. The summed E-state index contributed by atoms with van der Waals surface area (Å²) >= 11 is 0. The molecule has 4 aromatic rings. The summed E-state index contributed by atoms with van der Waals surface area (Å²) in [6.07, 6.45) is -0.423. The number of aromatic nitrogens is 2. The lowest BCUT2D eigenvalue weighted by molar-refractivity contribution is -0.274. The molecule has 2 aromatic heterocycles. The third kappa shape index (κ3) is 5.69. The first kappa shape index (κ1) is 26.3. The van der Waals surface area contributed by atoms with Gasteiger partial charge in [0.15, 0.2) is 0 Å². The molecule has 0 spiro atoms. The number of alkyl halides is 3. The van der Waals surface area contributed by atoms with Crippen LogP contribution in [-0.2, 0) is 16.6 Å². The van der Waals surface area contributed by atoms with E-state index >= 15 is 0 Å². The van der Waals surface area contributed by atoms with Crippen LogP contribution < -0.4 is 15.4 Å². The topological polar surface area (TPSA) is 85.2 Å². The van der Waals surface area contributed by atoms with Gasteiger partial charge in [0.25, 0.3) is 10.0 Å². The molecule has 0 saturated carbocycles. The van der Waals surface area contributed by atoms with Gasteiger partial charge in [-0.05, 0) is 67.6 Å². The summed E-state index contributed by atoms with van der Waals surface area (Å²) in [4.78, 5) is 3.97. The van der Waals surface area contributed by atoms with Crippen molar-refractivity contribution >= 4 is 44.7 Å². The number of halogens is 4. The Balaban J connectivity index is 0.00000342. The van der Waals surface area contributed by atoms with Crippen molar-refractivity contribution in [3.05, 3.63) is 78.2 Å². The van der Waals surface area contributed by atoms with Crippen LogP contribution in [0, 0.1) is 6.92 Å². The smallest absolute Gasteiger partial charge is 0.406 e. The van der Waals surface area contributed by atoms with E-state index in [-0.39, 0.29) is 23.1 Å². The summed E-state index contributed by atoms with van der Waals surface area (Å²) in [5, 5.41) is 6.93. The Morgan fingerprint density at radius 3 is 2.51 bits per heavy atom. The molecule has 12 heteroatoms. The number of hydrogen-bond donors (Lipinski definition) is 2. The standard InChI is InChI=1S/C23H21F3N4O3S.ClH/c1-15-10-18(33-23(24,25)26)6-8-21(15)29-17-5-7-20-16(12-27-2)14-30(22(20)11-17)34(31,32)19-4-3-9-28-13-19;/h3-11,13-14,27,29H,12H2,1-2H3;1H. The van der Waals surface area contributed by atoms with Gasteiger partial charge >= 0.3 is 6.36 Å². The van der Waals surface area contributed by atoms with Crippen LogP contribution in [0.3, 0.4) is 0 Å². The summed E-state index contributed by atoms with van der Waals surface area (Å²) in [6.45, 7) is 2.10. The fourth-order valence-electron chi connectivity index (χ4n) is 3.62. The Kier molecular flexibility index (Phi) is 7.63. The number of hydrogen-bond acceptors (Lipinski definition) is 6. The van der Waals surface area contributed by atoms with E-state index in [0.717, 1.165) is 10.9 Å². The third-order valence-corrected chi connectivity index (χ3v) is 6.78. The Labute approximate surface area is 206 Å². The molecule has 2 N–H and O–H groups in total. The highest BCUT2D eigenvalue weighted by molar-refractivity contribution is 7.90. The van der Waals surface area contributed by atoms with E-state index in [0.29, 0.717) is 29.0 Å². The first-order valence-electron chi connectivity index (χ1n) is 10.2. The van der Waals surface area contributed by atoms with Crippen molar-refractivity contribution in [1.29, 1.82) is 0 Å². The number of aryl methyl sites for hydroxylation is 1. The summed E-state index contributed by atoms with van der Waals surface area (Å²) in [5.41, 5.74) is 2.89. The van der Waals surface area contributed by atoms with Crippen LogP contribution in [0.4, 0.5) is 24.5 Å². The second kappa shape index (κ2) is 10.1. The second-order valence-electron chi connectivity index (χ2n) is 7.56. The summed E-state index contributed by atoms with van der Waals surface area (Å²) in [5.74, 6) is -0.320. The zero-order valence-corrected chi connectivity index (χ0v) is 20.3. The van der Waals surface area contributed by atoms with Crippen LogP contribution in [0.5, 0.6) is 5.75 Å². The Morgan fingerprint density at radius 2 is 1.89 bits per heavy atom. The molecule has 0 bridgehead atoms. The third-order valence-electron chi connectivity index (χ3n) is 5.12. The van der Waals surface area contributed by atoms with Crippen LogP contribution in [0.1, 0.15) is 11.1 Å². The largest absolute Gasteiger partial charge is 0.573 e. The lowest BCUT2D eigenvalue weighted by Crippen LogP contribution is -2.17. The summed E-state index contributed by atoms with van der Waals surface area (Å²) in [7, 11) is -2.14. The number of ether oxygens (including phenoxy) is 1. The SMILES string of the molecule is CNCc1cn(S(=O)(=O)c2cccnc2)c2cc(Nc3ccc(OC(F)(F)F)cc3C)ccc12.Cl. The molecule has 4 rings (SSSR count). The van der Waals surface area contributed by atoms with Crippen molar-refractivity contribution in [3.63, 3.8) is 0 Å². The average Bonchev–Trinajstić information content (AvgIpc) is 3.14. The minimum Gasteiger partial charge on any atom is -0.406 e. The molecule has 2 aromatic carbocycles. The van der Waals surface area contributed by atoms with Gasteiger partial charge in [-0.25, -0.2) is 12.4 Å². The van der Waals surface area contributed by atoms with Crippen molar-refractivity contribution in [2.75, 3.05) is 12.4 Å². The van der Waals surface area contributed by atoms with Crippen LogP contribution >= 0.6 is 12.4 Å². The maximum absolute atomic E-state index is 13.3. The molecule has 0 aliphatic heterocycles. The van der Waals surface area contributed by atoms with Gasteiger partial charge in [-0.1, -0.05) is 6.07 Å². The monoisotopic (exact) mass is 526 g/mol. The van der Waals surface area contributed by atoms with Crippen molar-refractivity contribution < 1.29 is 26.3 Å². The second-order valence-corrected chi connectivity index (χ2v) is 9.37. The maximum atomic E-state index is 13.3. The Hall–Kier alpha value is -3.28. The number of pyridine rings is 1. The number of nitrogens with one attached hydrogen (secondary N) is 2. The number of anilines is 2. The zero-order chi connectivity index (χ0) is 24.5. The fraction of sp³-hybridized carbons (Fsp3) is 0.174. The lowest BCUT2D eigenvalue weighted by atomic mass is 10.1. The van der Waals surface area contributed by atoms with Crippen molar-refractivity contribution in [3.8, 4) is 5.75 Å². The number of benzene rings is 2. The summed E-state index contributed by atoms with van der Waals surface area (Å²) in [6, 6.07) is 12.2. The van der Waals surface area contributed by atoms with E-state index in [1.165, 1.54) is 40.6 Å². The van der Waals surface area contributed by atoms with E-state index in [2.05, 4.69) is 20.4 Å². The normalized spacial score (nSPS) is 11.8. The highest BCUT2D eigenvalue weighted by Crippen LogP contribution is 2.32. The highest BCUT2D eigenvalue weighted by atomic mass is 35.5. The van der Waals surface area contributed by atoms with Crippen molar-refractivity contribution in [1.82, 2.24) is 14.3 Å². The Morgan fingerprint density at radius 1 is 1.11 bits per heavy atom. The molecular weight excluding hydrogens is 505 g/mol. The quantitative estimate of drug-likeness (QED) is 0.337. The molecule has 186 valence electrons. The highest BCUT2D eigenvalue weighted by Gasteiger charge is 2.31. The minimum atomic E-state index is -4.78. The number of nitrogens with zero attached hydrogens (tertiary/aromatic N) is 2. The number of rotatable bonds is 7. The fourth-order valence-corrected chi connectivity index (χ4v) is 4.96. The van der Waals surface area contributed by atoms with Crippen molar-refractivity contribution in [2.45, 2.75) is 24.7 Å². The van der Waals surface area contributed by atoms with E-state index in [1.807, 2.05) is 0 Å². The summed E-state index contributed by atoms with van der Waals surface area (Å²) < 4.78 is 69.3. The predicted molar refractivity (Wildman–Crippen MR) is 130 cm³/mol. The lowest BCUT2D eigenvalue weighted by Gasteiger charge is -2.14. The van der Waals surface area contributed by atoms with Gasteiger partial charge in [-0.3, -0.25) is 4.98 Å². The van der Waals surface area contributed by atoms with Crippen LogP contribution in [0.15, 0.2) is 72.0 Å². The molecule has 0 aliphatic rings. The van der Waals surface area contributed by atoms with Gasteiger partial charge in [0.05, 0.1) is 5.52 Å². The molecule has 0 atom stereocenters. The van der Waals surface area contributed by atoms with Gasteiger partial charge in [0.1, 0.15) is 10.6 Å². The van der Waals surface area contributed by atoms with Crippen LogP contribution in [-0.4, -0.2) is 30.8 Å². The molecule has 0 amide bonds. The molecular formula is C23H22ClF3N4O3S. The molecule has 0 fully saturated rings. The molecule has 0 aliphatic carbocycles. The van der Waals surface area contributed by atoms with E-state index < -0.39 is 16.4 Å². The van der Waals surface area contributed by atoms with Gasteiger partial charge in [0.2, 0.25) is 0 Å². The van der Waals surface area contributed by atoms with Crippen LogP contribution in [0.25, 0.3) is 10.9 Å². The van der Waals surface area contributed by atoms with E-state index in [4.69, 9.17) is 0 Å². The van der Waals surface area contributed by atoms with E-state index in [9.17, 15) is 21.6 Å².